The lowest BCUT2D eigenvalue weighted by atomic mass is 10.1. The van der Waals surface area contributed by atoms with Crippen molar-refractivity contribution in [1.29, 1.82) is 0 Å². The molecule has 0 bridgehead atoms. The van der Waals surface area contributed by atoms with Crippen molar-refractivity contribution in [2.45, 2.75) is 20.3 Å². The third-order valence-corrected chi connectivity index (χ3v) is 2.47. The zero-order valence-electron chi connectivity index (χ0n) is 9.48. The molecule has 2 N–H and O–H groups in total. The van der Waals surface area contributed by atoms with E-state index in [9.17, 15) is 0 Å². The van der Waals surface area contributed by atoms with Gasteiger partial charge in [0.2, 0.25) is 0 Å². The topological polar surface area (TPSA) is 26.0 Å². The highest BCUT2D eigenvalue weighted by molar-refractivity contribution is 5.63. The minimum absolute atomic E-state index is 0.616. The number of rotatable bonds is 4. The minimum atomic E-state index is 0.616. The molecule has 1 rings (SSSR count). The van der Waals surface area contributed by atoms with Crippen molar-refractivity contribution in [2.75, 3.05) is 0 Å². The van der Waals surface area contributed by atoms with Gasteiger partial charge in [-0.2, -0.15) is 0 Å². The number of allylic oxidation sites excluding steroid dienone is 3. The van der Waals surface area contributed by atoms with Gasteiger partial charge < -0.3 is 5.73 Å². The summed E-state index contributed by atoms with van der Waals surface area (Å²) < 4.78 is 0. The predicted octanol–water partition coefficient (Wildman–Crippen LogP) is 3.59. The fourth-order valence-corrected chi connectivity index (χ4v) is 1.21. The molecule has 0 aliphatic heterocycles. The highest BCUT2D eigenvalue weighted by atomic mass is 14.6. The van der Waals surface area contributed by atoms with E-state index in [1.54, 1.807) is 0 Å². The summed E-state index contributed by atoms with van der Waals surface area (Å²) in [6.07, 6.45) is 7.34. The molecule has 0 aromatic heterocycles. The normalized spacial score (nSPS) is 14.4. The number of benzene rings is 1. The zero-order chi connectivity index (χ0) is 11.1. The van der Waals surface area contributed by atoms with Crippen molar-refractivity contribution >= 4 is 5.70 Å². The molecule has 1 atom stereocenters. The first-order valence-corrected chi connectivity index (χ1v) is 5.43. The molecule has 1 nitrogen and oxygen atoms in total. The van der Waals surface area contributed by atoms with Crippen LogP contribution in [0.4, 0.5) is 0 Å². The molecule has 0 saturated carbocycles. The molecule has 0 aliphatic rings. The van der Waals surface area contributed by atoms with Gasteiger partial charge in [0.05, 0.1) is 0 Å². The van der Waals surface area contributed by atoms with Crippen molar-refractivity contribution < 1.29 is 0 Å². The Morgan fingerprint density at radius 3 is 2.60 bits per heavy atom. The molecule has 0 amide bonds. The molecule has 0 saturated heterocycles. The van der Waals surface area contributed by atoms with Crippen molar-refractivity contribution in [3.05, 3.63) is 54.1 Å². The van der Waals surface area contributed by atoms with Crippen LogP contribution >= 0.6 is 0 Å². The highest BCUT2D eigenvalue weighted by Crippen LogP contribution is 2.08. The van der Waals surface area contributed by atoms with Crippen LogP contribution in [0.2, 0.25) is 0 Å². The van der Waals surface area contributed by atoms with E-state index in [2.05, 4.69) is 19.9 Å². The molecule has 0 fully saturated rings. The second-order valence-corrected chi connectivity index (χ2v) is 3.76. The molecule has 1 unspecified atom stereocenters. The van der Waals surface area contributed by atoms with Gasteiger partial charge in [-0.05, 0) is 17.6 Å². The van der Waals surface area contributed by atoms with Crippen LogP contribution in [0.15, 0.2) is 48.6 Å². The van der Waals surface area contributed by atoms with E-state index < -0.39 is 0 Å². The second kappa shape index (κ2) is 6.07. The predicted molar refractivity (Wildman–Crippen MR) is 67.2 cm³/mol. The quantitative estimate of drug-likeness (QED) is 0.740. The third-order valence-electron chi connectivity index (χ3n) is 2.47. The summed E-state index contributed by atoms with van der Waals surface area (Å²) in [4.78, 5) is 0. The van der Waals surface area contributed by atoms with Crippen LogP contribution in [0, 0.1) is 5.92 Å². The fraction of sp³-hybridized carbons (Fsp3) is 0.286. The van der Waals surface area contributed by atoms with Crippen LogP contribution in [-0.2, 0) is 0 Å². The minimum Gasteiger partial charge on any atom is -0.398 e. The summed E-state index contributed by atoms with van der Waals surface area (Å²) in [5, 5.41) is 0. The van der Waals surface area contributed by atoms with Crippen LogP contribution in [0.1, 0.15) is 25.8 Å². The first-order valence-electron chi connectivity index (χ1n) is 5.43. The monoisotopic (exact) mass is 201 g/mol. The lowest BCUT2D eigenvalue weighted by Crippen LogP contribution is -1.94. The summed E-state index contributed by atoms with van der Waals surface area (Å²) in [7, 11) is 0. The largest absolute Gasteiger partial charge is 0.398 e. The average molecular weight is 201 g/mol. The van der Waals surface area contributed by atoms with Gasteiger partial charge in [0, 0.05) is 5.70 Å². The van der Waals surface area contributed by atoms with Crippen LogP contribution in [-0.4, -0.2) is 0 Å². The van der Waals surface area contributed by atoms with E-state index in [1.807, 2.05) is 42.5 Å². The molecule has 0 radical (unpaired) electrons. The lowest BCUT2D eigenvalue weighted by molar-refractivity contribution is 0.698. The average Bonchev–Trinajstić information content (AvgIpc) is 2.29. The Kier molecular flexibility index (Phi) is 4.69. The van der Waals surface area contributed by atoms with Crippen LogP contribution in [0.25, 0.3) is 5.70 Å². The number of nitrogens with two attached hydrogens (primary N) is 1. The molecule has 80 valence electrons. The Hall–Kier alpha value is -1.50. The smallest absolute Gasteiger partial charge is 0.0387 e. The molecule has 1 heteroatoms. The van der Waals surface area contributed by atoms with Gasteiger partial charge in [0.1, 0.15) is 0 Å². The molecule has 0 heterocycles. The first kappa shape index (κ1) is 11.6. The summed E-state index contributed by atoms with van der Waals surface area (Å²) in [5.41, 5.74) is 7.82. The number of hydrogen-bond donors (Lipinski definition) is 1. The van der Waals surface area contributed by atoms with E-state index in [-0.39, 0.29) is 0 Å². The maximum atomic E-state index is 5.93. The third kappa shape index (κ3) is 4.03. The Bertz CT molecular complexity index is 336. The highest BCUT2D eigenvalue weighted by Gasteiger charge is 1.92. The molecule has 0 aliphatic carbocycles. The van der Waals surface area contributed by atoms with Gasteiger partial charge in [-0.3, -0.25) is 0 Å². The lowest BCUT2D eigenvalue weighted by Gasteiger charge is -2.00. The summed E-state index contributed by atoms with van der Waals surface area (Å²) in [6.45, 7) is 4.38. The molecule has 15 heavy (non-hydrogen) atoms. The SMILES string of the molecule is CCC(C)/C=C\C=C(/N)c1ccccc1. The van der Waals surface area contributed by atoms with E-state index in [1.165, 1.54) is 0 Å². The summed E-state index contributed by atoms with van der Waals surface area (Å²) in [6, 6.07) is 10.0. The summed E-state index contributed by atoms with van der Waals surface area (Å²) in [5.74, 6) is 0.616. The van der Waals surface area contributed by atoms with Crippen LogP contribution < -0.4 is 5.73 Å². The molecule has 0 spiro atoms. The first-order chi connectivity index (χ1) is 7.24. The van der Waals surface area contributed by atoms with Crippen molar-refractivity contribution in [3.8, 4) is 0 Å². The molecule has 1 aromatic rings. The molecule has 1 aromatic carbocycles. The fourth-order valence-electron chi connectivity index (χ4n) is 1.21. The van der Waals surface area contributed by atoms with Crippen molar-refractivity contribution in [3.63, 3.8) is 0 Å². The van der Waals surface area contributed by atoms with Crippen molar-refractivity contribution in [2.24, 2.45) is 11.7 Å². The molecular formula is C14H19N. The van der Waals surface area contributed by atoms with Gasteiger partial charge in [-0.25, -0.2) is 0 Å². The second-order valence-electron chi connectivity index (χ2n) is 3.76. The Balaban J connectivity index is 2.65. The maximum absolute atomic E-state index is 5.93. The van der Waals surface area contributed by atoms with E-state index in [0.717, 1.165) is 17.7 Å². The van der Waals surface area contributed by atoms with E-state index in [0.29, 0.717) is 5.92 Å². The Labute approximate surface area is 92.3 Å². The van der Waals surface area contributed by atoms with Crippen LogP contribution in [0.3, 0.4) is 0 Å². The summed E-state index contributed by atoms with van der Waals surface area (Å²) >= 11 is 0. The maximum Gasteiger partial charge on any atom is 0.0387 e. The van der Waals surface area contributed by atoms with Gasteiger partial charge in [0.25, 0.3) is 0 Å². The van der Waals surface area contributed by atoms with E-state index >= 15 is 0 Å². The standard InChI is InChI=1S/C14H19N/c1-3-12(2)8-7-11-14(15)13-9-5-4-6-10-13/h4-12H,3,15H2,1-2H3/b8-7-,14-11-. The Morgan fingerprint density at radius 1 is 1.33 bits per heavy atom. The van der Waals surface area contributed by atoms with Gasteiger partial charge in [0.15, 0.2) is 0 Å². The number of hydrogen-bond acceptors (Lipinski definition) is 1. The van der Waals surface area contributed by atoms with E-state index in [4.69, 9.17) is 5.73 Å². The van der Waals surface area contributed by atoms with Crippen LogP contribution in [0.5, 0.6) is 0 Å². The van der Waals surface area contributed by atoms with Gasteiger partial charge >= 0.3 is 0 Å². The van der Waals surface area contributed by atoms with Gasteiger partial charge in [-0.1, -0.05) is 62.8 Å². The van der Waals surface area contributed by atoms with Crippen molar-refractivity contribution in [1.82, 2.24) is 0 Å². The zero-order valence-corrected chi connectivity index (χ0v) is 9.48. The van der Waals surface area contributed by atoms with Gasteiger partial charge in [-0.15, -0.1) is 0 Å². The molecular weight excluding hydrogens is 182 g/mol. The Morgan fingerprint density at radius 2 is 2.00 bits per heavy atom.